The minimum atomic E-state index is -0.590. The van der Waals surface area contributed by atoms with Crippen LogP contribution in [0, 0.1) is 17.8 Å². The largest absolute Gasteiger partial charge is 0.444 e. The fourth-order valence-electron chi connectivity index (χ4n) is 5.08. The molecule has 1 N–H and O–H groups in total. The van der Waals surface area contributed by atoms with Gasteiger partial charge in [-0.1, -0.05) is 6.07 Å². The van der Waals surface area contributed by atoms with E-state index in [1.807, 2.05) is 47.0 Å². The second-order valence-corrected chi connectivity index (χ2v) is 10.9. The first-order chi connectivity index (χ1) is 14.5. The van der Waals surface area contributed by atoms with Gasteiger partial charge >= 0.3 is 6.09 Å². The molecule has 2 aromatic heterocycles. The molecule has 166 valence electrons. The summed E-state index contributed by atoms with van der Waals surface area (Å²) >= 11 is 0. The molecule has 2 amide bonds. The summed E-state index contributed by atoms with van der Waals surface area (Å²) in [5.74, 6) is 1.96. The molecule has 3 atom stereocenters. The fourth-order valence-corrected chi connectivity index (χ4v) is 5.08. The van der Waals surface area contributed by atoms with Crippen LogP contribution in [0.2, 0.25) is 0 Å². The monoisotopic (exact) mass is 424 g/mol. The molecule has 1 aliphatic heterocycles. The highest BCUT2D eigenvalue weighted by Gasteiger charge is 2.61. The molecule has 1 unspecified atom stereocenters. The van der Waals surface area contributed by atoms with Crippen LogP contribution >= 0.6 is 0 Å². The van der Waals surface area contributed by atoms with Gasteiger partial charge in [0, 0.05) is 25.2 Å². The summed E-state index contributed by atoms with van der Waals surface area (Å²) in [5.41, 5.74) is 1.39. The lowest BCUT2D eigenvalue weighted by Gasteiger charge is -2.27. The Kier molecular flexibility index (Phi) is 4.40. The van der Waals surface area contributed by atoms with E-state index in [9.17, 15) is 9.59 Å². The third-order valence-corrected chi connectivity index (χ3v) is 6.76. The topological polar surface area (TPSA) is 75.9 Å². The first kappa shape index (κ1) is 20.3. The molecule has 0 bridgehead atoms. The second kappa shape index (κ2) is 6.71. The molecule has 5 rings (SSSR count). The number of fused-ring (bicyclic) bond motifs is 2. The van der Waals surface area contributed by atoms with Crippen molar-refractivity contribution in [1.82, 2.24) is 19.6 Å². The first-order valence-corrected chi connectivity index (χ1v) is 11.3. The number of nitrogens with one attached hydrogen (secondary N) is 1. The molecule has 3 aliphatic rings. The van der Waals surface area contributed by atoms with Crippen molar-refractivity contribution in [2.75, 3.05) is 13.1 Å². The second-order valence-electron chi connectivity index (χ2n) is 10.9. The Morgan fingerprint density at radius 2 is 1.81 bits per heavy atom. The normalized spacial score (nSPS) is 25.5. The fraction of sp³-hybridized carbons (Fsp3) is 0.625. The number of imidazole rings is 1. The Hall–Kier alpha value is -2.57. The average molecular weight is 425 g/mol. The zero-order valence-electron chi connectivity index (χ0n) is 19.0. The Bertz CT molecular complexity index is 1030. The number of ether oxygens (including phenoxy) is 1. The van der Waals surface area contributed by atoms with Gasteiger partial charge in [0.05, 0.1) is 17.3 Å². The molecule has 0 aromatic carbocycles. The molecule has 2 aromatic rings. The number of aromatic nitrogens is 2. The van der Waals surface area contributed by atoms with E-state index in [1.54, 1.807) is 4.90 Å². The number of nitrogens with zero attached hydrogens (tertiary/aromatic N) is 3. The van der Waals surface area contributed by atoms with Crippen molar-refractivity contribution in [3.05, 3.63) is 35.9 Å². The van der Waals surface area contributed by atoms with Gasteiger partial charge in [-0.15, -0.1) is 0 Å². The van der Waals surface area contributed by atoms with Crippen molar-refractivity contribution in [1.29, 1.82) is 0 Å². The number of amides is 2. The van der Waals surface area contributed by atoms with Crippen LogP contribution in [-0.4, -0.2) is 45.0 Å². The lowest BCUT2D eigenvalue weighted by molar-refractivity contribution is -0.125. The van der Waals surface area contributed by atoms with E-state index in [-0.39, 0.29) is 29.8 Å². The Morgan fingerprint density at radius 3 is 2.42 bits per heavy atom. The zero-order valence-corrected chi connectivity index (χ0v) is 19.0. The molecule has 2 aliphatic carbocycles. The number of piperidine rings is 1. The number of pyridine rings is 1. The van der Waals surface area contributed by atoms with E-state index in [0.717, 1.165) is 11.3 Å². The smallest absolute Gasteiger partial charge is 0.410 e. The lowest BCUT2D eigenvalue weighted by atomic mass is 10.0. The quantitative estimate of drug-likeness (QED) is 0.812. The lowest BCUT2D eigenvalue weighted by Crippen LogP contribution is -2.45. The molecule has 1 saturated heterocycles. The number of carbonyl (C=O) groups excluding carboxylic acids is 2. The third kappa shape index (κ3) is 3.68. The number of likely N-dealkylation sites (tertiary alicyclic amines) is 1. The van der Waals surface area contributed by atoms with Crippen LogP contribution in [0.1, 0.15) is 64.8 Å². The van der Waals surface area contributed by atoms with E-state index < -0.39 is 11.1 Å². The van der Waals surface area contributed by atoms with Gasteiger partial charge in [0.1, 0.15) is 11.4 Å². The minimum Gasteiger partial charge on any atom is -0.444 e. The number of carbonyl (C=O) groups is 2. The SMILES string of the molecule is CC(C)(C)OC(=O)N1C[C@@H]2C(C(=O)NC(C)(C)c3ncc4c(C5CC5)cccn34)[C@@H]2C1. The van der Waals surface area contributed by atoms with Crippen LogP contribution in [0.3, 0.4) is 0 Å². The van der Waals surface area contributed by atoms with Crippen molar-refractivity contribution in [3.8, 4) is 0 Å². The van der Waals surface area contributed by atoms with Gasteiger partial charge < -0.3 is 19.4 Å². The van der Waals surface area contributed by atoms with Crippen LogP contribution in [0.25, 0.3) is 5.52 Å². The molecule has 0 spiro atoms. The average Bonchev–Trinajstić information content (AvgIpc) is 3.53. The number of hydrogen-bond acceptors (Lipinski definition) is 4. The van der Waals surface area contributed by atoms with Crippen LogP contribution in [-0.2, 0) is 15.1 Å². The predicted octanol–water partition coefficient (Wildman–Crippen LogP) is 3.68. The van der Waals surface area contributed by atoms with Gasteiger partial charge in [0.2, 0.25) is 5.91 Å². The van der Waals surface area contributed by atoms with Crippen molar-refractivity contribution in [3.63, 3.8) is 0 Å². The molecule has 7 nitrogen and oxygen atoms in total. The summed E-state index contributed by atoms with van der Waals surface area (Å²) in [6.45, 7) is 10.8. The highest BCUT2D eigenvalue weighted by atomic mass is 16.6. The van der Waals surface area contributed by atoms with Crippen LogP contribution in [0.15, 0.2) is 24.5 Å². The van der Waals surface area contributed by atoms with Crippen molar-refractivity contribution < 1.29 is 14.3 Å². The van der Waals surface area contributed by atoms with Gasteiger partial charge in [-0.05, 0) is 76.8 Å². The van der Waals surface area contributed by atoms with Crippen LogP contribution in [0.5, 0.6) is 0 Å². The van der Waals surface area contributed by atoms with Crippen LogP contribution in [0.4, 0.5) is 4.79 Å². The highest BCUT2D eigenvalue weighted by Crippen LogP contribution is 2.52. The summed E-state index contributed by atoms with van der Waals surface area (Å²) in [6.07, 6.45) is 6.16. The van der Waals surface area contributed by atoms with Gasteiger partial charge in [0.15, 0.2) is 0 Å². The summed E-state index contributed by atoms with van der Waals surface area (Å²) in [6, 6.07) is 4.26. The highest BCUT2D eigenvalue weighted by molar-refractivity contribution is 5.84. The first-order valence-electron chi connectivity index (χ1n) is 11.3. The van der Waals surface area contributed by atoms with Crippen LogP contribution < -0.4 is 5.32 Å². The van der Waals surface area contributed by atoms with Crippen molar-refractivity contribution >= 4 is 17.5 Å². The van der Waals surface area contributed by atoms with Gasteiger partial charge in [-0.3, -0.25) is 4.79 Å². The Labute approximate surface area is 183 Å². The summed E-state index contributed by atoms with van der Waals surface area (Å²) in [4.78, 5) is 31.8. The minimum absolute atomic E-state index is 0.0359. The zero-order chi connectivity index (χ0) is 22.1. The van der Waals surface area contributed by atoms with E-state index in [0.29, 0.717) is 19.0 Å². The van der Waals surface area contributed by atoms with E-state index in [4.69, 9.17) is 9.72 Å². The maximum Gasteiger partial charge on any atom is 0.410 e. The van der Waals surface area contributed by atoms with Crippen molar-refractivity contribution in [2.45, 2.75) is 64.5 Å². The third-order valence-electron chi connectivity index (χ3n) is 6.76. The van der Waals surface area contributed by atoms with E-state index in [1.165, 1.54) is 18.4 Å². The van der Waals surface area contributed by atoms with Gasteiger partial charge in [-0.2, -0.15) is 0 Å². The summed E-state index contributed by atoms with van der Waals surface area (Å²) < 4.78 is 7.58. The van der Waals surface area contributed by atoms with Gasteiger partial charge in [0.25, 0.3) is 0 Å². The number of rotatable bonds is 4. The molecule has 31 heavy (non-hydrogen) atoms. The standard InChI is InChI=1S/C24H32N4O3/c1-23(2,3)31-22(30)27-12-16-17(13-27)19(16)20(29)26-24(4,5)21-25-11-18-15(14-8-9-14)7-6-10-28(18)21/h6-7,10-11,14,16-17,19H,8-9,12-13H2,1-5H3,(H,26,29)/t16-,17+,19?. The summed E-state index contributed by atoms with van der Waals surface area (Å²) in [5, 5.41) is 3.23. The van der Waals surface area contributed by atoms with E-state index >= 15 is 0 Å². The van der Waals surface area contributed by atoms with Crippen molar-refractivity contribution in [2.24, 2.45) is 17.8 Å². The van der Waals surface area contributed by atoms with Gasteiger partial charge in [-0.25, -0.2) is 9.78 Å². The number of hydrogen-bond donors (Lipinski definition) is 1. The molecular formula is C24H32N4O3. The molecule has 3 fully saturated rings. The molecule has 3 heterocycles. The van der Waals surface area contributed by atoms with E-state index in [2.05, 4.69) is 21.9 Å². The molecular weight excluding hydrogens is 392 g/mol. The maximum atomic E-state index is 13.1. The summed E-state index contributed by atoms with van der Waals surface area (Å²) in [7, 11) is 0. The predicted molar refractivity (Wildman–Crippen MR) is 117 cm³/mol. The Balaban J connectivity index is 1.24. The molecule has 7 heteroatoms. The maximum absolute atomic E-state index is 13.1. The Morgan fingerprint density at radius 1 is 1.13 bits per heavy atom. The molecule has 0 radical (unpaired) electrons. The molecule has 2 saturated carbocycles.